The molecule has 0 radical (unpaired) electrons. The van der Waals surface area contributed by atoms with Gasteiger partial charge < -0.3 is 15.2 Å². The number of nitrogens with zero attached hydrogens (tertiary/aromatic N) is 4. The van der Waals surface area contributed by atoms with Gasteiger partial charge in [0.05, 0.1) is 23.3 Å². The summed E-state index contributed by atoms with van der Waals surface area (Å²) < 4.78 is 3.76. The molecule has 0 fully saturated rings. The molecule has 0 saturated heterocycles. The van der Waals surface area contributed by atoms with Crippen LogP contribution in [0.15, 0.2) is 60.9 Å². The van der Waals surface area contributed by atoms with E-state index in [9.17, 15) is 4.79 Å². The third kappa shape index (κ3) is 3.52. The van der Waals surface area contributed by atoms with E-state index in [1.54, 1.807) is 10.9 Å². The van der Waals surface area contributed by atoms with Gasteiger partial charge in [-0.2, -0.15) is 5.10 Å². The molecule has 0 unspecified atom stereocenters. The van der Waals surface area contributed by atoms with Crippen LogP contribution < -0.4 is 10.6 Å². The molecule has 0 atom stereocenters. The fraction of sp³-hybridized carbons (Fsp3) is 0.150. The lowest BCUT2D eigenvalue weighted by molar-refractivity contribution is 0.251. The third-order valence-electron chi connectivity index (χ3n) is 4.43. The molecule has 0 bridgehead atoms. The highest BCUT2D eigenvalue weighted by atomic mass is 16.2. The average molecular weight is 360 g/mol. The molecule has 2 amide bonds. The van der Waals surface area contributed by atoms with Gasteiger partial charge in [0.2, 0.25) is 0 Å². The summed E-state index contributed by atoms with van der Waals surface area (Å²) in [5.41, 5.74) is 4.79. The van der Waals surface area contributed by atoms with Crippen LogP contribution in [0.5, 0.6) is 0 Å². The predicted octanol–water partition coefficient (Wildman–Crippen LogP) is 3.39. The first-order chi connectivity index (χ1) is 13.1. The highest BCUT2D eigenvalue weighted by Crippen LogP contribution is 2.16. The first-order valence-corrected chi connectivity index (χ1v) is 8.67. The van der Waals surface area contributed by atoms with Gasteiger partial charge in [-0.3, -0.25) is 0 Å². The summed E-state index contributed by atoms with van der Waals surface area (Å²) in [7, 11) is 1.95. The van der Waals surface area contributed by atoms with Crippen molar-refractivity contribution in [2.45, 2.75) is 13.5 Å². The summed E-state index contributed by atoms with van der Waals surface area (Å²) in [4.78, 5) is 16.8. The summed E-state index contributed by atoms with van der Waals surface area (Å²) in [5.74, 6) is 0.805. The van der Waals surface area contributed by atoms with Gasteiger partial charge in [-0.15, -0.1) is 0 Å². The number of fused-ring (bicyclic) bond motifs is 1. The summed E-state index contributed by atoms with van der Waals surface area (Å²) in [6.07, 6.45) is 3.59. The van der Waals surface area contributed by atoms with Gasteiger partial charge in [-0.05, 0) is 55.0 Å². The lowest BCUT2D eigenvalue weighted by Crippen LogP contribution is -2.29. The number of carbonyl (C=O) groups is 1. The van der Waals surface area contributed by atoms with E-state index in [1.165, 1.54) is 0 Å². The molecule has 27 heavy (non-hydrogen) atoms. The van der Waals surface area contributed by atoms with E-state index in [-0.39, 0.29) is 6.03 Å². The lowest BCUT2D eigenvalue weighted by atomic mass is 10.2. The van der Waals surface area contributed by atoms with Gasteiger partial charge >= 0.3 is 6.03 Å². The molecular formula is C20H20N6O. The van der Waals surface area contributed by atoms with E-state index in [2.05, 4.69) is 26.8 Å². The van der Waals surface area contributed by atoms with Crippen LogP contribution in [0.3, 0.4) is 0 Å². The number of anilines is 1. The molecule has 0 aliphatic carbocycles. The van der Waals surface area contributed by atoms with Gasteiger partial charge in [-0.25, -0.2) is 14.5 Å². The maximum Gasteiger partial charge on any atom is 0.319 e. The summed E-state index contributed by atoms with van der Waals surface area (Å²) >= 11 is 0. The maximum atomic E-state index is 12.2. The van der Waals surface area contributed by atoms with Gasteiger partial charge in [0.1, 0.15) is 5.82 Å². The van der Waals surface area contributed by atoms with Gasteiger partial charge in [0, 0.05) is 25.1 Å². The monoisotopic (exact) mass is 360 g/mol. The molecule has 136 valence electrons. The molecule has 0 saturated carbocycles. The first-order valence-electron chi connectivity index (χ1n) is 8.67. The molecule has 2 N–H and O–H groups in total. The minimum atomic E-state index is -0.273. The minimum Gasteiger partial charge on any atom is -0.331 e. The van der Waals surface area contributed by atoms with E-state index in [4.69, 9.17) is 0 Å². The Bertz CT molecular complexity index is 1080. The van der Waals surface area contributed by atoms with E-state index in [0.29, 0.717) is 12.2 Å². The SMILES string of the molecule is Cc1ccc2c(c1)nc(CNC(=O)Nc1ccc(-n3cccn3)cc1)n2C. The Morgan fingerprint density at radius 2 is 1.96 bits per heavy atom. The van der Waals surface area contributed by atoms with Crippen molar-refractivity contribution in [3.05, 3.63) is 72.3 Å². The van der Waals surface area contributed by atoms with E-state index >= 15 is 0 Å². The number of hydrogen-bond donors (Lipinski definition) is 2. The summed E-state index contributed by atoms with van der Waals surface area (Å²) in [6, 6.07) is 15.2. The van der Waals surface area contributed by atoms with Crippen LogP contribution in [0.2, 0.25) is 0 Å². The number of imidazole rings is 1. The van der Waals surface area contributed by atoms with Crippen LogP contribution in [-0.4, -0.2) is 25.4 Å². The van der Waals surface area contributed by atoms with Crippen LogP contribution in [0.1, 0.15) is 11.4 Å². The van der Waals surface area contributed by atoms with Crippen molar-refractivity contribution in [3.8, 4) is 5.69 Å². The van der Waals surface area contributed by atoms with E-state index in [0.717, 1.165) is 28.1 Å². The van der Waals surface area contributed by atoms with E-state index in [1.807, 2.05) is 67.2 Å². The number of aromatic nitrogens is 4. The normalized spacial score (nSPS) is 10.9. The van der Waals surface area contributed by atoms with Crippen LogP contribution in [0.25, 0.3) is 16.7 Å². The Morgan fingerprint density at radius 1 is 1.15 bits per heavy atom. The van der Waals surface area contributed by atoms with Crippen molar-refractivity contribution in [2.24, 2.45) is 7.05 Å². The highest BCUT2D eigenvalue weighted by Gasteiger charge is 2.09. The van der Waals surface area contributed by atoms with Gasteiger partial charge in [-0.1, -0.05) is 6.07 Å². The maximum absolute atomic E-state index is 12.2. The second-order valence-corrected chi connectivity index (χ2v) is 6.38. The quantitative estimate of drug-likeness (QED) is 0.586. The summed E-state index contributed by atoms with van der Waals surface area (Å²) in [5, 5.41) is 9.86. The molecule has 0 aliphatic rings. The fourth-order valence-corrected chi connectivity index (χ4v) is 2.97. The molecule has 2 aromatic heterocycles. The second-order valence-electron chi connectivity index (χ2n) is 6.38. The van der Waals surface area contributed by atoms with E-state index < -0.39 is 0 Å². The highest BCUT2D eigenvalue weighted by molar-refractivity contribution is 5.89. The Labute approximate surface area is 156 Å². The van der Waals surface area contributed by atoms with Gasteiger partial charge in [0.25, 0.3) is 0 Å². The van der Waals surface area contributed by atoms with Crippen molar-refractivity contribution < 1.29 is 4.79 Å². The molecule has 4 rings (SSSR count). The van der Waals surface area contributed by atoms with Crippen molar-refractivity contribution in [1.82, 2.24) is 24.6 Å². The largest absolute Gasteiger partial charge is 0.331 e. The number of benzene rings is 2. The molecule has 0 spiro atoms. The second kappa shape index (κ2) is 6.95. The van der Waals surface area contributed by atoms with Crippen LogP contribution >= 0.6 is 0 Å². The number of amides is 2. The van der Waals surface area contributed by atoms with Crippen molar-refractivity contribution in [2.75, 3.05) is 5.32 Å². The van der Waals surface area contributed by atoms with Crippen LogP contribution in [-0.2, 0) is 13.6 Å². The van der Waals surface area contributed by atoms with Crippen molar-refractivity contribution in [1.29, 1.82) is 0 Å². The molecule has 2 heterocycles. The molecule has 7 heteroatoms. The topological polar surface area (TPSA) is 76.8 Å². The zero-order valence-corrected chi connectivity index (χ0v) is 15.2. The minimum absolute atomic E-state index is 0.273. The smallest absolute Gasteiger partial charge is 0.319 e. The number of urea groups is 1. The Morgan fingerprint density at radius 3 is 2.70 bits per heavy atom. The third-order valence-corrected chi connectivity index (χ3v) is 4.43. The Kier molecular flexibility index (Phi) is 4.33. The number of rotatable bonds is 4. The molecule has 4 aromatic rings. The van der Waals surface area contributed by atoms with Gasteiger partial charge in [0.15, 0.2) is 0 Å². The Balaban J connectivity index is 1.39. The first kappa shape index (κ1) is 16.8. The number of carbonyl (C=O) groups excluding carboxylic acids is 1. The molecular weight excluding hydrogens is 340 g/mol. The Hall–Kier alpha value is -3.61. The lowest BCUT2D eigenvalue weighted by Gasteiger charge is -2.09. The van der Waals surface area contributed by atoms with Crippen molar-refractivity contribution in [3.63, 3.8) is 0 Å². The average Bonchev–Trinajstić information content (AvgIpc) is 3.29. The van der Waals surface area contributed by atoms with Crippen LogP contribution in [0.4, 0.5) is 10.5 Å². The molecule has 7 nitrogen and oxygen atoms in total. The molecule has 2 aromatic carbocycles. The van der Waals surface area contributed by atoms with Crippen LogP contribution in [0, 0.1) is 6.92 Å². The number of nitrogens with one attached hydrogen (secondary N) is 2. The number of hydrogen-bond acceptors (Lipinski definition) is 3. The summed E-state index contributed by atoms with van der Waals surface area (Å²) in [6.45, 7) is 2.39. The van der Waals surface area contributed by atoms with Crippen molar-refractivity contribution >= 4 is 22.8 Å². The predicted molar refractivity (Wildman–Crippen MR) is 105 cm³/mol. The fourth-order valence-electron chi connectivity index (χ4n) is 2.97. The standard InChI is InChI=1S/C20H20N6O/c1-14-4-9-18-17(12-14)24-19(25(18)2)13-21-20(27)23-15-5-7-16(8-6-15)26-11-3-10-22-26/h3-12H,13H2,1-2H3,(H2,21,23,27). The number of aryl methyl sites for hydroxylation is 2. The zero-order valence-electron chi connectivity index (χ0n) is 15.2. The zero-order chi connectivity index (χ0) is 18.8. The molecule has 0 aliphatic heterocycles.